The van der Waals surface area contributed by atoms with Gasteiger partial charge in [0.1, 0.15) is 0 Å². The zero-order chi connectivity index (χ0) is 8.74. The molecule has 3 nitrogen and oxygen atoms in total. The first kappa shape index (κ1) is 10.9. The Morgan fingerprint density at radius 3 is 2.64 bits per heavy atom. The van der Waals surface area contributed by atoms with Crippen molar-refractivity contribution >= 4 is 0 Å². The molecule has 0 radical (unpaired) electrons. The summed E-state index contributed by atoms with van der Waals surface area (Å²) < 4.78 is 4.85. The van der Waals surface area contributed by atoms with E-state index in [4.69, 9.17) is 4.74 Å². The zero-order valence-corrected chi connectivity index (χ0v) is 7.68. The Morgan fingerprint density at radius 2 is 2.18 bits per heavy atom. The van der Waals surface area contributed by atoms with Crippen LogP contribution in [-0.4, -0.2) is 37.5 Å². The van der Waals surface area contributed by atoms with Crippen LogP contribution in [-0.2, 0) is 4.74 Å². The molecule has 0 saturated carbocycles. The smallest absolute Gasteiger partial charge is 0.0975 e. The van der Waals surface area contributed by atoms with Crippen LogP contribution in [0.1, 0.15) is 20.3 Å². The van der Waals surface area contributed by atoms with Crippen molar-refractivity contribution < 1.29 is 9.84 Å². The molecule has 0 amide bonds. The molecule has 0 aromatic heterocycles. The normalized spacial score (nSPS) is 16.4. The molecule has 0 aliphatic heterocycles. The molecular formula is C8H19NO2. The number of hydrogen-bond donors (Lipinski definition) is 2. The molecule has 1 unspecified atom stereocenters. The van der Waals surface area contributed by atoms with Crippen LogP contribution in [0.5, 0.6) is 0 Å². The Labute approximate surface area is 68.8 Å². The molecule has 0 bridgehead atoms. The van der Waals surface area contributed by atoms with Gasteiger partial charge in [0.2, 0.25) is 0 Å². The van der Waals surface area contributed by atoms with E-state index in [0.29, 0.717) is 13.2 Å². The van der Waals surface area contributed by atoms with Crippen LogP contribution in [0.15, 0.2) is 0 Å². The third kappa shape index (κ3) is 6.28. The quantitative estimate of drug-likeness (QED) is 0.553. The van der Waals surface area contributed by atoms with Gasteiger partial charge in [0.25, 0.3) is 0 Å². The standard InChI is InChI=1S/C8H19NO2/c1-4-5-9-6-8(2,10)7-11-3/h9-10H,4-7H2,1-3H3. The highest BCUT2D eigenvalue weighted by Crippen LogP contribution is 2.00. The van der Waals surface area contributed by atoms with Gasteiger partial charge in [0, 0.05) is 13.7 Å². The molecule has 0 rings (SSSR count). The van der Waals surface area contributed by atoms with Crippen LogP contribution >= 0.6 is 0 Å². The summed E-state index contributed by atoms with van der Waals surface area (Å²) in [7, 11) is 1.59. The van der Waals surface area contributed by atoms with E-state index in [1.54, 1.807) is 14.0 Å². The number of rotatable bonds is 6. The Balaban J connectivity index is 3.38. The molecule has 0 aromatic carbocycles. The maximum Gasteiger partial charge on any atom is 0.0975 e. The molecule has 0 aliphatic carbocycles. The topological polar surface area (TPSA) is 41.5 Å². The molecule has 2 N–H and O–H groups in total. The lowest BCUT2D eigenvalue weighted by Gasteiger charge is -2.22. The first-order chi connectivity index (χ1) is 5.12. The maximum atomic E-state index is 9.55. The van der Waals surface area contributed by atoms with Crippen molar-refractivity contribution in [3.8, 4) is 0 Å². The van der Waals surface area contributed by atoms with E-state index in [-0.39, 0.29) is 0 Å². The monoisotopic (exact) mass is 161 g/mol. The summed E-state index contributed by atoms with van der Waals surface area (Å²) in [4.78, 5) is 0. The van der Waals surface area contributed by atoms with Crippen LogP contribution < -0.4 is 5.32 Å². The highest BCUT2D eigenvalue weighted by Gasteiger charge is 2.18. The molecule has 0 saturated heterocycles. The molecule has 0 aromatic rings. The predicted molar refractivity (Wildman–Crippen MR) is 45.7 cm³/mol. The highest BCUT2D eigenvalue weighted by atomic mass is 16.5. The number of hydrogen-bond acceptors (Lipinski definition) is 3. The third-order valence-corrected chi connectivity index (χ3v) is 1.39. The SMILES string of the molecule is CCCNCC(C)(O)COC. The number of ether oxygens (including phenoxy) is 1. The lowest BCUT2D eigenvalue weighted by Crippen LogP contribution is -2.41. The van der Waals surface area contributed by atoms with Crippen molar-refractivity contribution in [1.29, 1.82) is 0 Å². The van der Waals surface area contributed by atoms with Gasteiger partial charge in [-0.2, -0.15) is 0 Å². The second-order valence-electron chi connectivity index (χ2n) is 3.11. The second-order valence-corrected chi connectivity index (χ2v) is 3.11. The van der Waals surface area contributed by atoms with E-state index >= 15 is 0 Å². The Hall–Kier alpha value is -0.120. The molecule has 0 fully saturated rings. The van der Waals surface area contributed by atoms with E-state index in [2.05, 4.69) is 12.2 Å². The molecule has 11 heavy (non-hydrogen) atoms. The van der Waals surface area contributed by atoms with Crippen LogP contribution in [0.3, 0.4) is 0 Å². The lowest BCUT2D eigenvalue weighted by molar-refractivity contribution is -0.0153. The summed E-state index contributed by atoms with van der Waals surface area (Å²) >= 11 is 0. The number of nitrogens with one attached hydrogen (secondary N) is 1. The minimum Gasteiger partial charge on any atom is -0.386 e. The van der Waals surface area contributed by atoms with Crippen LogP contribution in [0.2, 0.25) is 0 Å². The van der Waals surface area contributed by atoms with Crippen molar-refractivity contribution in [2.45, 2.75) is 25.9 Å². The first-order valence-corrected chi connectivity index (χ1v) is 4.04. The summed E-state index contributed by atoms with van der Waals surface area (Å²) in [6, 6.07) is 0. The van der Waals surface area contributed by atoms with Gasteiger partial charge in [-0.3, -0.25) is 0 Å². The van der Waals surface area contributed by atoms with E-state index in [1.165, 1.54) is 0 Å². The van der Waals surface area contributed by atoms with Crippen molar-refractivity contribution in [2.24, 2.45) is 0 Å². The van der Waals surface area contributed by atoms with Gasteiger partial charge in [0.05, 0.1) is 12.2 Å². The molecule has 68 valence electrons. The minimum absolute atomic E-state index is 0.379. The average molecular weight is 161 g/mol. The second kappa shape index (κ2) is 5.52. The lowest BCUT2D eigenvalue weighted by atomic mass is 10.1. The third-order valence-electron chi connectivity index (χ3n) is 1.39. The Morgan fingerprint density at radius 1 is 1.55 bits per heavy atom. The minimum atomic E-state index is -0.732. The Kier molecular flexibility index (Phi) is 5.46. The zero-order valence-electron chi connectivity index (χ0n) is 7.68. The van der Waals surface area contributed by atoms with Gasteiger partial charge < -0.3 is 15.2 Å². The van der Waals surface area contributed by atoms with Gasteiger partial charge in [-0.15, -0.1) is 0 Å². The fourth-order valence-corrected chi connectivity index (χ4v) is 0.896. The predicted octanol–water partition coefficient (Wildman–Crippen LogP) is 0.383. The molecule has 0 spiro atoms. The van der Waals surface area contributed by atoms with E-state index in [0.717, 1.165) is 13.0 Å². The van der Waals surface area contributed by atoms with Crippen molar-refractivity contribution in [3.05, 3.63) is 0 Å². The summed E-state index contributed by atoms with van der Waals surface area (Å²) in [5.41, 5.74) is -0.732. The van der Waals surface area contributed by atoms with Gasteiger partial charge in [-0.05, 0) is 19.9 Å². The van der Waals surface area contributed by atoms with Gasteiger partial charge in [-0.1, -0.05) is 6.92 Å². The van der Waals surface area contributed by atoms with E-state index in [9.17, 15) is 5.11 Å². The van der Waals surface area contributed by atoms with Crippen molar-refractivity contribution in [3.63, 3.8) is 0 Å². The summed E-state index contributed by atoms with van der Waals surface area (Å²) in [5.74, 6) is 0. The summed E-state index contributed by atoms with van der Waals surface area (Å²) in [6.07, 6.45) is 1.09. The fourth-order valence-electron chi connectivity index (χ4n) is 0.896. The maximum absolute atomic E-state index is 9.55. The van der Waals surface area contributed by atoms with E-state index in [1.807, 2.05) is 0 Å². The highest BCUT2D eigenvalue weighted by molar-refractivity contribution is 4.74. The first-order valence-electron chi connectivity index (χ1n) is 4.04. The molecule has 3 heteroatoms. The van der Waals surface area contributed by atoms with Gasteiger partial charge in [-0.25, -0.2) is 0 Å². The molecule has 0 aliphatic rings. The van der Waals surface area contributed by atoms with Gasteiger partial charge >= 0.3 is 0 Å². The summed E-state index contributed by atoms with van der Waals surface area (Å²) in [5, 5.41) is 12.7. The van der Waals surface area contributed by atoms with Crippen LogP contribution in [0.4, 0.5) is 0 Å². The van der Waals surface area contributed by atoms with Crippen molar-refractivity contribution in [1.82, 2.24) is 5.32 Å². The molecular weight excluding hydrogens is 142 g/mol. The van der Waals surface area contributed by atoms with Crippen molar-refractivity contribution in [2.75, 3.05) is 26.8 Å². The van der Waals surface area contributed by atoms with E-state index < -0.39 is 5.60 Å². The fraction of sp³-hybridized carbons (Fsp3) is 1.00. The van der Waals surface area contributed by atoms with Gasteiger partial charge in [0.15, 0.2) is 0 Å². The number of methoxy groups -OCH3 is 1. The largest absolute Gasteiger partial charge is 0.386 e. The van der Waals surface area contributed by atoms with Crippen LogP contribution in [0, 0.1) is 0 Å². The molecule has 0 heterocycles. The number of aliphatic hydroxyl groups is 1. The Bertz CT molecular complexity index is 94.1. The van der Waals surface area contributed by atoms with Crippen LogP contribution in [0.25, 0.3) is 0 Å². The molecule has 1 atom stereocenters. The average Bonchev–Trinajstić information content (AvgIpc) is 1.87. The summed E-state index contributed by atoms with van der Waals surface area (Å²) in [6.45, 7) is 5.77.